The summed E-state index contributed by atoms with van der Waals surface area (Å²) in [5.74, 6) is -0.870. The number of anilines is 1. The second-order valence-corrected chi connectivity index (χ2v) is 10.4. The summed E-state index contributed by atoms with van der Waals surface area (Å²) in [7, 11) is 2.79. The summed E-state index contributed by atoms with van der Waals surface area (Å²) in [6.07, 6.45) is 2.02. The minimum atomic E-state index is -0.842. The molecule has 44 heavy (non-hydrogen) atoms. The molecule has 1 saturated heterocycles. The van der Waals surface area contributed by atoms with E-state index in [9.17, 15) is 19.2 Å². The average Bonchev–Trinajstić information content (AvgIpc) is 3.42. The van der Waals surface area contributed by atoms with Gasteiger partial charge in [0.05, 0.1) is 33.0 Å². The highest BCUT2D eigenvalue weighted by Gasteiger charge is 2.34. The molecule has 0 unspecified atom stereocenters. The van der Waals surface area contributed by atoms with Crippen LogP contribution >= 0.6 is 0 Å². The van der Waals surface area contributed by atoms with Gasteiger partial charge in [0.2, 0.25) is 0 Å². The van der Waals surface area contributed by atoms with Crippen molar-refractivity contribution in [1.29, 1.82) is 0 Å². The highest BCUT2D eigenvalue weighted by atomic mass is 16.6. The minimum Gasteiger partial charge on any atom is -0.496 e. The number of hydrogen-bond acceptors (Lipinski definition) is 11. The van der Waals surface area contributed by atoms with Crippen molar-refractivity contribution in [2.75, 3.05) is 59.0 Å². The lowest BCUT2D eigenvalue weighted by molar-refractivity contribution is -0.144. The number of amides is 1. The standard InChI is InChI=1S/C32H38N2O10/c1-20(6-12-26(35)42-18-15-34-13-16-41-17-14-34)5-11-24-28(39-3)21(2)25-19-43-31(37)27(25)29(24)44-32(38)33-23-9-7-22(8-10-23)30(36)40-4/h5,7-10H,6,11-19H2,1-4H3,(H,33,38). The summed E-state index contributed by atoms with van der Waals surface area (Å²) in [6.45, 7) is 7.81. The van der Waals surface area contributed by atoms with Crippen LogP contribution in [0.25, 0.3) is 0 Å². The topological polar surface area (TPSA) is 139 Å². The lowest BCUT2D eigenvalue weighted by Gasteiger charge is -2.26. The smallest absolute Gasteiger partial charge is 0.417 e. The van der Waals surface area contributed by atoms with Crippen molar-refractivity contribution in [3.63, 3.8) is 0 Å². The number of hydrogen-bond donors (Lipinski definition) is 1. The zero-order valence-corrected chi connectivity index (χ0v) is 25.5. The van der Waals surface area contributed by atoms with E-state index in [0.717, 1.165) is 18.7 Å². The third-order valence-corrected chi connectivity index (χ3v) is 7.53. The second kappa shape index (κ2) is 15.3. The van der Waals surface area contributed by atoms with Crippen LogP contribution in [0.15, 0.2) is 35.9 Å². The largest absolute Gasteiger partial charge is 0.496 e. The van der Waals surface area contributed by atoms with Crippen LogP contribution in [-0.2, 0) is 36.8 Å². The van der Waals surface area contributed by atoms with E-state index in [1.165, 1.54) is 38.5 Å². The van der Waals surface area contributed by atoms with Gasteiger partial charge in [0.25, 0.3) is 0 Å². The Bertz CT molecular complexity index is 1410. The molecule has 2 aromatic rings. The predicted molar refractivity (Wildman–Crippen MR) is 159 cm³/mol. The van der Waals surface area contributed by atoms with Gasteiger partial charge in [-0.25, -0.2) is 14.4 Å². The maximum atomic E-state index is 13.0. The first-order chi connectivity index (χ1) is 21.2. The lowest BCUT2D eigenvalue weighted by atomic mass is 9.94. The van der Waals surface area contributed by atoms with E-state index in [0.29, 0.717) is 66.5 Å². The molecule has 12 heteroatoms. The summed E-state index contributed by atoms with van der Waals surface area (Å²) in [4.78, 5) is 52.0. The maximum absolute atomic E-state index is 13.0. The molecule has 1 amide bonds. The van der Waals surface area contributed by atoms with Gasteiger partial charge >= 0.3 is 24.0 Å². The van der Waals surface area contributed by atoms with Gasteiger partial charge in [-0.2, -0.15) is 0 Å². The van der Waals surface area contributed by atoms with Gasteiger partial charge < -0.3 is 28.4 Å². The van der Waals surface area contributed by atoms with Gasteiger partial charge in [-0.1, -0.05) is 11.6 Å². The Labute approximate surface area is 256 Å². The number of ether oxygens (including phenoxy) is 6. The normalized spacial score (nSPS) is 14.8. The first-order valence-corrected chi connectivity index (χ1v) is 14.4. The Morgan fingerprint density at radius 3 is 2.45 bits per heavy atom. The van der Waals surface area contributed by atoms with Gasteiger partial charge in [-0.3, -0.25) is 15.0 Å². The van der Waals surface area contributed by atoms with E-state index < -0.39 is 18.0 Å². The molecule has 1 N–H and O–H groups in total. The van der Waals surface area contributed by atoms with Crippen molar-refractivity contribution < 1.29 is 47.6 Å². The fourth-order valence-corrected chi connectivity index (χ4v) is 5.03. The molecule has 2 aromatic carbocycles. The van der Waals surface area contributed by atoms with Crippen LogP contribution in [0.4, 0.5) is 10.5 Å². The van der Waals surface area contributed by atoms with E-state index in [2.05, 4.69) is 10.2 Å². The van der Waals surface area contributed by atoms with E-state index >= 15 is 0 Å². The molecule has 0 bridgehead atoms. The number of morpholine rings is 1. The summed E-state index contributed by atoms with van der Waals surface area (Å²) in [5.41, 5.74) is 3.57. The molecule has 0 aromatic heterocycles. The molecule has 4 rings (SSSR count). The van der Waals surface area contributed by atoms with Gasteiger partial charge in [0, 0.05) is 42.9 Å². The Balaban J connectivity index is 1.45. The lowest BCUT2D eigenvalue weighted by Crippen LogP contribution is -2.38. The van der Waals surface area contributed by atoms with Gasteiger partial charge in [0.1, 0.15) is 24.5 Å². The Morgan fingerprint density at radius 2 is 1.77 bits per heavy atom. The Hall–Kier alpha value is -4.42. The number of nitrogens with one attached hydrogen (secondary N) is 1. The number of carbonyl (C=O) groups excluding carboxylic acids is 4. The number of rotatable bonds is 12. The van der Waals surface area contributed by atoms with Crippen molar-refractivity contribution in [2.45, 2.75) is 39.7 Å². The minimum absolute atomic E-state index is 0.0339. The Kier molecular flexibility index (Phi) is 11.3. The van der Waals surface area contributed by atoms with Crippen LogP contribution in [0.1, 0.15) is 57.2 Å². The molecule has 1 fully saturated rings. The molecule has 12 nitrogen and oxygen atoms in total. The average molecular weight is 611 g/mol. The third-order valence-electron chi connectivity index (χ3n) is 7.53. The first-order valence-electron chi connectivity index (χ1n) is 14.4. The third kappa shape index (κ3) is 8.14. The molecule has 0 radical (unpaired) electrons. The number of benzene rings is 2. The molecule has 0 spiro atoms. The van der Waals surface area contributed by atoms with Crippen LogP contribution in [0.2, 0.25) is 0 Å². The SMILES string of the molecule is COC(=O)c1ccc(NC(=O)Oc2c(CC=C(C)CCC(=O)OCCN3CCOCC3)c(OC)c(C)c3c2C(=O)OC3)cc1. The number of methoxy groups -OCH3 is 2. The van der Waals surface area contributed by atoms with Gasteiger partial charge in [-0.15, -0.1) is 0 Å². The van der Waals surface area contributed by atoms with Crippen molar-refractivity contribution >= 4 is 29.7 Å². The number of fused-ring (bicyclic) bond motifs is 1. The first kappa shape index (κ1) is 32.5. The molecular formula is C32H38N2O10. The summed E-state index contributed by atoms with van der Waals surface area (Å²) >= 11 is 0. The van der Waals surface area contributed by atoms with Crippen molar-refractivity contribution in [1.82, 2.24) is 4.90 Å². The van der Waals surface area contributed by atoms with Crippen LogP contribution in [-0.4, -0.2) is 82.6 Å². The summed E-state index contributed by atoms with van der Waals surface area (Å²) in [5, 5.41) is 2.61. The number of nitrogens with zero attached hydrogens (tertiary/aromatic N) is 1. The number of allylic oxidation sites excluding steroid dienone is 2. The molecule has 2 heterocycles. The fourth-order valence-electron chi connectivity index (χ4n) is 5.03. The molecule has 236 valence electrons. The zero-order valence-electron chi connectivity index (χ0n) is 25.5. The molecule has 0 atom stereocenters. The number of esters is 3. The van der Waals surface area contributed by atoms with E-state index in [1.807, 2.05) is 19.9 Å². The summed E-state index contributed by atoms with van der Waals surface area (Å²) in [6, 6.07) is 6.07. The fraction of sp³-hybridized carbons (Fsp3) is 0.438. The van der Waals surface area contributed by atoms with Crippen LogP contribution < -0.4 is 14.8 Å². The Morgan fingerprint density at radius 1 is 1.05 bits per heavy atom. The van der Waals surface area contributed by atoms with Crippen molar-refractivity contribution in [3.8, 4) is 11.5 Å². The van der Waals surface area contributed by atoms with E-state index in [4.69, 9.17) is 28.4 Å². The van der Waals surface area contributed by atoms with Gasteiger partial charge in [0.15, 0.2) is 5.75 Å². The predicted octanol–water partition coefficient (Wildman–Crippen LogP) is 4.22. The van der Waals surface area contributed by atoms with E-state index in [1.54, 1.807) is 0 Å². The van der Waals surface area contributed by atoms with Gasteiger partial charge in [-0.05, 0) is 56.5 Å². The second-order valence-electron chi connectivity index (χ2n) is 10.4. The highest BCUT2D eigenvalue weighted by molar-refractivity contribution is 6.00. The van der Waals surface area contributed by atoms with Crippen LogP contribution in [0, 0.1) is 6.92 Å². The highest BCUT2D eigenvalue weighted by Crippen LogP contribution is 2.43. The zero-order chi connectivity index (χ0) is 31.6. The van der Waals surface area contributed by atoms with E-state index in [-0.39, 0.29) is 36.7 Å². The maximum Gasteiger partial charge on any atom is 0.417 e. The molecule has 0 saturated carbocycles. The molecular weight excluding hydrogens is 572 g/mol. The molecule has 2 aliphatic rings. The van der Waals surface area contributed by atoms with Crippen molar-refractivity contribution in [2.24, 2.45) is 0 Å². The van der Waals surface area contributed by atoms with Crippen LogP contribution in [0.5, 0.6) is 11.5 Å². The summed E-state index contributed by atoms with van der Waals surface area (Å²) < 4.78 is 32.2. The number of cyclic esters (lactones) is 1. The molecule has 2 aliphatic heterocycles. The monoisotopic (exact) mass is 610 g/mol. The molecule has 0 aliphatic carbocycles. The van der Waals surface area contributed by atoms with Crippen molar-refractivity contribution in [3.05, 3.63) is 63.7 Å². The number of carbonyl (C=O) groups is 4. The quantitative estimate of drug-likeness (QED) is 0.210. The van der Waals surface area contributed by atoms with Crippen LogP contribution in [0.3, 0.4) is 0 Å².